The van der Waals surface area contributed by atoms with Crippen LogP contribution in [0.3, 0.4) is 0 Å². The van der Waals surface area contributed by atoms with Crippen molar-refractivity contribution in [3.05, 3.63) is 39.4 Å². The maximum Gasteiger partial charge on any atom is 0.285 e. The van der Waals surface area contributed by atoms with E-state index in [-0.39, 0.29) is 17.8 Å². The number of carbonyl (C=O) groups is 1. The lowest BCUT2D eigenvalue weighted by Gasteiger charge is -2.25. The molecule has 1 rings (SSSR count). The number of hydrogen-bond donors (Lipinski definition) is 2. The minimum absolute atomic E-state index is 0.0181. The third-order valence-electron chi connectivity index (χ3n) is 3.56. The summed E-state index contributed by atoms with van der Waals surface area (Å²) in [5, 5.41) is 23.7. The maximum absolute atomic E-state index is 12.1. The molecule has 0 aliphatic heterocycles. The molecule has 6 nitrogen and oxygen atoms in total. The largest absolute Gasteiger partial charge is 0.388 e. The minimum atomic E-state index is -0.978. The highest BCUT2D eigenvalue weighted by Crippen LogP contribution is 2.23. The first kappa shape index (κ1) is 16.1. The van der Waals surface area contributed by atoms with Gasteiger partial charge in [0.1, 0.15) is 5.56 Å². The Bertz CT molecular complexity index is 510. The Hall–Kier alpha value is -1.95. The van der Waals surface area contributed by atoms with Crippen LogP contribution in [0.25, 0.3) is 0 Å². The molecule has 0 heterocycles. The summed E-state index contributed by atoms with van der Waals surface area (Å²) < 4.78 is 0. The SMILES string of the molecule is CCC(O)(CC)CNC(=O)c1cccc(C)c1[N+](=O)[O-]. The average molecular weight is 280 g/mol. The zero-order valence-corrected chi connectivity index (χ0v) is 12.0. The van der Waals surface area contributed by atoms with E-state index in [2.05, 4.69) is 5.32 Å². The Kier molecular flexibility index (Phi) is 5.21. The highest BCUT2D eigenvalue weighted by atomic mass is 16.6. The second-order valence-corrected chi connectivity index (χ2v) is 4.84. The van der Waals surface area contributed by atoms with Crippen molar-refractivity contribution in [3.63, 3.8) is 0 Å². The van der Waals surface area contributed by atoms with Crippen molar-refractivity contribution in [2.45, 2.75) is 39.2 Å². The van der Waals surface area contributed by atoms with Gasteiger partial charge >= 0.3 is 0 Å². The average Bonchev–Trinajstić information content (AvgIpc) is 2.43. The van der Waals surface area contributed by atoms with Crippen LogP contribution in [0.4, 0.5) is 5.69 Å². The van der Waals surface area contributed by atoms with Gasteiger partial charge in [-0.15, -0.1) is 0 Å². The lowest BCUT2D eigenvalue weighted by atomic mass is 9.97. The summed E-state index contributed by atoms with van der Waals surface area (Å²) in [5.41, 5.74) is -0.719. The predicted octanol–water partition coefficient (Wildman–Crippen LogP) is 2.18. The van der Waals surface area contributed by atoms with Gasteiger partial charge < -0.3 is 10.4 Å². The van der Waals surface area contributed by atoms with Crippen LogP contribution in [-0.2, 0) is 0 Å². The Morgan fingerprint density at radius 1 is 1.40 bits per heavy atom. The van der Waals surface area contributed by atoms with Crippen LogP contribution in [0.5, 0.6) is 0 Å². The van der Waals surface area contributed by atoms with Gasteiger partial charge in [0.25, 0.3) is 11.6 Å². The lowest BCUT2D eigenvalue weighted by molar-refractivity contribution is -0.385. The molecule has 0 radical (unpaired) electrons. The second kappa shape index (κ2) is 6.47. The summed E-state index contributed by atoms with van der Waals surface area (Å²) in [5.74, 6) is -0.541. The van der Waals surface area contributed by atoms with E-state index in [4.69, 9.17) is 0 Å². The number of nitro groups is 1. The van der Waals surface area contributed by atoms with Crippen molar-refractivity contribution in [1.29, 1.82) is 0 Å². The minimum Gasteiger partial charge on any atom is -0.388 e. The van der Waals surface area contributed by atoms with Crippen molar-refractivity contribution in [1.82, 2.24) is 5.32 Å². The number of nitrogens with zero attached hydrogens (tertiary/aromatic N) is 1. The molecule has 0 saturated heterocycles. The Morgan fingerprint density at radius 3 is 2.50 bits per heavy atom. The molecule has 0 atom stereocenters. The van der Waals surface area contributed by atoms with Crippen molar-refractivity contribution in [2.75, 3.05) is 6.54 Å². The van der Waals surface area contributed by atoms with Crippen molar-refractivity contribution in [2.24, 2.45) is 0 Å². The number of benzene rings is 1. The molecule has 0 saturated carbocycles. The van der Waals surface area contributed by atoms with Crippen molar-refractivity contribution in [3.8, 4) is 0 Å². The molecule has 0 fully saturated rings. The summed E-state index contributed by atoms with van der Waals surface area (Å²) in [7, 11) is 0. The van der Waals surface area contributed by atoms with Gasteiger partial charge in [-0.05, 0) is 25.8 Å². The molecule has 0 aliphatic carbocycles. The monoisotopic (exact) mass is 280 g/mol. The number of carbonyl (C=O) groups excluding carboxylic acids is 1. The molecular weight excluding hydrogens is 260 g/mol. The Labute approximate surface area is 118 Å². The fourth-order valence-electron chi connectivity index (χ4n) is 1.92. The predicted molar refractivity (Wildman–Crippen MR) is 75.7 cm³/mol. The summed E-state index contributed by atoms with van der Waals surface area (Å²) in [4.78, 5) is 22.6. The van der Waals surface area contributed by atoms with E-state index in [0.717, 1.165) is 0 Å². The van der Waals surface area contributed by atoms with E-state index < -0.39 is 16.4 Å². The third kappa shape index (κ3) is 3.54. The molecule has 1 amide bonds. The highest BCUT2D eigenvalue weighted by Gasteiger charge is 2.26. The molecule has 20 heavy (non-hydrogen) atoms. The van der Waals surface area contributed by atoms with Crippen LogP contribution >= 0.6 is 0 Å². The third-order valence-corrected chi connectivity index (χ3v) is 3.56. The molecule has 0 bridgehead atoms. The number of nitrogens with one attached hydrogen (secondary N) is 1. The van der Waals surface area contributed by atoms with Gasteiger partial charge in [-0.2, -0.15) is 0 Å². The van der Waals surface area contributed by atoms with Crippen LogP contribution in [0.15, 0.2) is 18.2 Å². The number of aryl methyl sites for hydroxylation is 1. The lowest BCUT2D eigenvalue weighted by Crippen LogP contribution is -2.42. The molecule has 6 heteroatoms. The number of nitro benzene ring substituents is 1. The standard InChI is InChI=1S/C14H20N2O4/c1-4-14(18,5-2)9-15-13(17)11-8-6-7-10(3)12(11)16(19)20/h6-8,18H,4-5,9H2,1-3H3,(H,15,17). The first-order chi connectivity index (χ1) is 9.34. The summed E-state index contributed by atoms with van der Waals surface area (Å²) in [6.45, 7) is 5.31. The van der Waals surface area contributed by atoms with Gasteiger partial charge in [-0.3, -0.25) is 14.9 Å². The zero-order valence-electron chi connectivity index (χ0n) is 12.0. The Morgan fingerprint density at radius 2 is 2.00 bits per heavy atom. The van der Waals surface area contributed by atoms with Gasteiger partial charge in [-0.1, -0.05) is 26.0 Å². The maximum atomic E-state index is 12.1. The van der Waals surface area contributed by atoms with Gasteiger partial charge in [0.15, 0.2) is 0 Å². The van der Waals surface area contributed by atoms with Gasteiger partial charge in [0.05, 0.1) is 10.5 Å². The molecule has 0 aromatic heterocycles. The summed E-state index contributed by atoms with van der Waals surface area (Å²) in [6, 6.07) is 4.60. The number of amides is 1. The normalized spacial score (nSPS) is 11.2. The molecule has 0 spiro atoms. The van der Waals surface area contributed by atoms with E-state index in [0.29, 0.717) is 18.4 Å². The van der Waals surface area contributed by atoms with Crippen LogP contribution in [0.2, 0.25) is 0 Å². The fraction of sp³-hybridized carbons (Fsp3) is 0.500. The molecule has 0 aliphatic rings. The van der Waals surface area contributed by atoms with Crippen LogP contribution in [0.1, 0.15) is 42.6 Å². The fourth-order valence-corrected chi connectivity index (χ4v) is 1.92. The van der Waals surface area contributed by atoms with Crippen LogP contribution in [-0.4, -0.2) is 28.1 Å². The molecule has 0 unspecified atom stereocenters. The van der Waals surface area contributed by atoms with Crippen LogP contribution < -0.4 is 5.32 Å². The number of para-hydroxylation sites is 1. The summed E-state index contributed by atoms with van der Waals surface area (Å²) >= 11 is 0. The number of rotatable bonds is 6. The molecule has 110 valence electrons. The van der Waals surface area contributed by atoms with Crippen molar-refractivity contribution >= 4 is 11.6 Å². The van der Waals surface area contributed by atoms with Gasteiger partial charge in [0.2, 0.25) is 0 Å². The smallest absolute Gasteiger partial charge is 0.285 e. The highest BCUT2D eigenvalue weighted by molar-refractivity contribution is 5.98. The van der Waals surface area contributed by atoms with E-state index in [9.17, 15) is 20.0 Å². The van der Waals surface area contributed by atoms with Crippen molar-refractivity contribution < 1.29 is 14.8 Å². The number of aliphatic hydroxyl groups is 1. The molecular formula is C14H20N2O4. The van der Waals surface area contributed by atoms with E-state index in [1.54, 1.807) is 19.1 Å². The summed E-state index contributed by atoms with van der Waals surface area (Å²) in [6.07, 6.45) is 0.999. The molecule has 1 aromatic carbocycles. The second-order valence-electron chi connectivity index (χ2n) is 4.84. The molecule has 1 aromatic rings. The molecule has 2 N–H and O–H groups in total. The first-order valence-corrected chi connectivity index (χ1v) is 6.59. The zero-order chi connectivity index (χ0) is 15.3. The first-order valence-electron chi connectivity index (χ1n) is 6.59. The number of hydrogen-bond acceptors (Lipinski definition) is 4. The van der Waals surface area contributed by atoms with Crippen LogP contribution in [0, 0.1) is 17.0 Å². The van der Waals surface area contributed by atoms with E-state index in [1.807, 2.05) is 13.8 Å². The van der Waals surface area contributed by atoms with Gasteiger partial charge in [-0.25, -0.2) is 0 Å². The Balaban J connectivity index is 2.94. The van der Waals surface area contributed by atoms with E-state index >= 15 is 0 Å². The quantitative estimate of drug-likeness (QED) is 0.617. The topological polar surface area (TPSA) is 92.5 Å². The van der Waals surface area contributed by atoms with E-state index in [1.165, 1.54) is 6.07 Å². The van der Waals surface area contributed by atoms with Gasteiger partial charge in [0, 0.05) is 12.1 Å².